The molecule has 0 saturated carbocycles. The minimum Gasteiger partial charge on any atom is -0.497 e. The monoisotopic (exact) mass is 408 g/mol. The number of nitrogens with zero attached hydrogens (tertiary/aromatic N) is 3. The molecule has 0 aliphatic rings. The molecule has 0 radical (unpaired) electrons. The lowest BCUT2D eigenvalue weighted by atomic mass is 10.2. The molecule has 3 rings (SSSR count). The second kappa shape index (κ2) is 10.4. The number of hydrogen-bond acceptors (Lipinski definition) is 6. The Labute approximate surface area is 177 Å². The summed E-state index contributed by atoms with van der Waals surface area (Å²) in [4.78, 5) is 18.8. The molecule has 0 spiro atoms. The quantitative estimate of drug-likeness (QED) is 0.516. The molecule has 7 nitrogen and oxygen atoms in total. The van der Waals surface area contributed by atoms with E-state index >= 15 is 0 Å². The predicted molar refractivity (Wildman–Crippen MR) is 117 cm³/mol. The number of nitrogens with one attached hydrogen (secondary N) is 1. The molecule has 0 unspecified atom stereocenters. The lowest BCUT2D eigenvalue weighted by Gasteiger charge is -2.23. The standard InChI is InChI=1S/C23H28N4O3/c1-4-27(19-8-5-7-17(2)15-19)14-6-13-24-21(28)16-22-25-23(26-30-22)18-9-11-20(29-3)12-10-18/h5,7-12,15H,4,6,13-14,16H2,1-3H3,(H,24,28). The molecule has 1 aromatic heterocycles. The van der Waals surface area contributed by atoms with Gasteiger partial charge < -0.3 is 19.5 Å². The molecule has 2 aromatic carbocycles. The van der Waals surface area contributed by atoms with E-state index < -0.39 is 0 Å². The van der Waals surface area contributed by atoms with Crippen molar-refractivity contribution in [1.29, 1.82) is 0 Å². The Balaban J connectivity index is 1.44. The third kappa shape index (κ3) is 5.83. The molecule has 1 amide bonds. The van der Waals surface area contributed by atoms with Crippen molar-refractivity contribution in [2.24, 2.45) is 0 Å². The van der Waals surface area contributed by atoms with E-state index in [4.69, 9.17) is 9.26 Å². The van der Waals surface area contributed by atoms with Gasteiger partial charge in [-0.2, -0.15) is 4.98 Å². The van der Waals surface area contributed by atoms with Gasteiger partial charge in [0.1, 0.15) is 12.2 Å². The van der Waals surface area contributed by atoms with Gasteiger partial charge in [-0.1, -0.05) is 17.3 Å². The molecule has 0 aliphatic heterocycles. The first-order valence-electron chi connectivity index (χ1n) is 10.1. The lowest BCUT2D eigenvalue weighted by Crippen LogP contribution is -2.30. The third-order valence-corrected chi connectivity index (χ3v) is 4.80. The first-order chi connectivity index (χ1) is 14.6. The lowest BCUT2D eigenvalue weighted by molar-refractivity contribution is -0.120. The smallest absolute Gasteiger partial charge is 0.236 e. The van der Waals surface area contributed by atoms with Crippen molar-refractivity contribution in [3.8, 4) is 17.1 Å². The SMILES string of the molecule is CCN(CCCNC(=O)Cc1nc(-c2ccc(OC)cc2)no1)c1cccc(C)c1. The summed E-state index contributed by atoms with van der Waals surface area (Å²) >= 11 is 0. The molecule has 7 heteroatoms. The topological polar surface area (TPSA) is 80.5 Å². The van der Waals surface area contributed by atoms with Crippen molar-refractivity contribution >= 4 is 11.6 Å². The van der Waals surface area contributed by atoms with Crippen molar-refractivity contribution in [2.45, 2.75) is 26.7 Å². The average Bonchev–Trinajstić information content (AvgIpc) is 3.22. The van der Waals surface area contributed by atoms with E-state index in [0.717, 1.165) is 30.8 Å². The molecule has 158 valence electrons. The van der Waals surface area contributed by atoms with Crippen molar-refractivity contribution in [3.63, 3.8) is 0 Å². The summed E-state index contributed by atoms with van der Waals surface area (Å²) in [7, 11) is 1.61. The molecule has 0 saturated heterocycles. The highest BCUT2D eigenvalue weighted by atomic mass is 16.5. The number of carbonyl (C=O) groups excluding carboxylic acids is 1. The van der Waals surface area contributed by atoms with E-state index in [1.165, 1.54) is 11.3 Å². The second-order valence-electron chi connectivity index (χ2n) is 7.04. The minimum atomic E-state index is -0.126. The number of aryl methyl sites for hydroxylation is 1. The van der Waals surface area contributed by atoms with Gasteiger partial charge in [-0.15, -0.1) is 0 Å². The van der Waals surface area contributed by atoms with Crippen LogP contribution in [0.2, 0.25) is 0 Å². The molecule has 0 atom stereocenters. The van der Waals surface area contributed by atoms with Crippen LogP contribution in [-0.4, -0.2) is 42.8 Å². The van der Waals surface area contributed by atoms with Crippen LogP contribution < -0.4 is 15.0 Å². The molecule has 30 heavy (non-hydrogen) atoms. The van der Waals surface area contributed by atoms with Gasteiger partial charge >= 0.3 is 0 Å². The molecular formula is C23H28N4O3. The molecule has 1 N–H and O–H groups in total. The number of ether oxygens (including phenoxy) is 1. The molecule has 0 fully saturated rings. The van der Waals surface area contributed by atoms with Gasteiger partial charge in [-0.3, -0.25) is 4.79 Å². The Bertz CT molecular complexity index is 953. The van der Waals surface area contributed by atoms with Crippen LogP contribution in [-0.2, 0) is 11.2 Å². The van der Waals surface area contributed by atoms with Gasteiger partial charge in [0.05, 0.1) is 7.11 Å². The van der Waals surface area contributed by atoms with E-state index in [2.05, 4.69) is 58.5 Å². The van der Waals surface area contributed by atoms with Crippen molar-refractivity contribution < 1.29 is 14.1 Å². The molecular weight excluding hydrogens is 380 g/mol. The number of carbonyl (C=O) groups is 1. The van der Waals surface area contributed by atoms with Gasteiger partial charge in [0.25, 0.3) is 0 Å². The number of anilines is 1. The molecule has 0 aliphatic carbocycles. The number of hydrogen-bond donors (Lipinski definition) is 1. The van der Waals surface area contributed by atoms with Crippen LogP contribution in [0.1, 0.15) is 24.8 Å². The largest absolute Gasteiger partial charge is 0.497 e. The molecule has 1 heterocycles. The predicted octanol–water partition coefficient (Wildman–Crippen LogP) is 3.63. The van der Waals surface area contributed by atoms with Gasteiger partial charge in [0.2, 0.25) is 17.6 Å². The minimum absolute atomic E-state index is 0.0680. The van der Waals surface area contributed by atoms with Gasteiger partial charge in [-0.05, 0) is 62.2 Å². The number of rotatable bonds is 10. The Morgan fingerprint density at radius 1 is 1.20 bits per heavy atom. The fourth-order valence-electron chi connectivity index (χ4n) is 3.18. The summed E-state index contributed by atoms with van der Waals surface area (Å²) in [5, 5.41) is 6.88. The van der Waals surface area contributed by atoms with Crippen molar-refractivity contribution in [3.05, 3.63) is 60.0 Å². The van der Waals surface area contributed by atoms with E-state index in [-0.39, 0.29) is 12.3 Å². The Hall–Kier alpha value is -3.35. The van der Waals surface area contributed by atoms with Crippen LogP contribution in [0.25, 0.3) is 11.4 Å². The van der Waals surface area contributed by atoms with Crippen LogP contribution in [0.3, 0.4) is 0 Å². The zero-order chi connectivity index (χ0) is 21.3. The summed E-state index contributed by atoms with van der Waals surface area (Å²) in [5.41, 5.74) is 3.26. The fraction of sp³-hybridized carbons (Fsp3) is 0.348. The Morgan fingerprint density at radius 2 is 2.00 bits per heavy atom. The molecule has 0 bridgehead atoms. The maximum Gasteiger partial charge on any atom is 0.236 e. The number of amides is 1. The highest BCUT2D eigenvalue weighted by Gasteiger charge is 2.13. The first-order valence-corrected chi connectivity index (χ1v) is 10.1. The number of methoxy groups -OCH3 is 1. The number of aromatic nitrogens is 2. The van der Waals surface area contributed by atoms with Crippen molar-refractivity contribution in [2.75, 3.05) is 31.6 Å². The van der Waals surface area contributed by atoms with E-state index in [1.54, 1.807) is 7.11 Å². The summed E-state index contributed by atoms with van der Waals surface area (Å²) < 4.78 is 10.4. The Morgan fingerprint density at radius 3 is 2.70 bits per heavy atom. The third-order valence-electron chi connectivity index (χ3n) is 4.80. The van der Waals surface area contributed by atoms with Crippen molar-refractivity contribution in [1.82, 2.24) is 15.5 Å². The zero-order valence-electron chi connectivity index (χ0n) is 17.7. The highest BCUT2D eigenvalue weighted by Crippen LogP contribution is 2.20. The van der Waals surface area contributed by atoms with E-state index in [9.17, 15) is 4.79 Å². The average molecular weight is 409 g/mol. The van der Waals surface area contributed by atoms with Crippen LogP contribution >= 0.6 is 0 Å². The molecule has 3 aromatic rings. The number of benzene rings is 2. The van der Waals surface area contributed by atoms with Crippen LogP contribution in [0.4, 0.5) is 5.69 Å². The van der Waals surface area contributed by atoms with Gasteiger partial charge in [0, 0.05) is 30.9 Å². The summed E-state index contributed by atoms with van der Waals surface area (Å²) in [6.07, 6.45) is 0.924. The summed E-state index contributed by atoms with van der Waals surface area (Å²) in [5.74, 6) is 1.38. The Kier molecular flexibility index (Phi) is 7.43. The van der Waals surface area contributed by atoms with E-state index in [1.807, 2.05) is 24.3 Å². The summed E-state index contributed by atoms with van der Waals surface area (Å²) in [6, 6.07) is 15.8. The first kappa shape index (κ1) is 21.4. The fourth-order valence-corrected chi connectivity index (χ4v) is 3.18. The van der Waals surface area contributed by atoms with Crippen LogP contribution in [0.15, 0.2) is 53.1 Å². The normalized spacial score (nSPS) is 10.6. The second-order valence-corrected chi connectivity index (χ2v) is 7.04. The maximum atomic E-state index is 12.2. The van der Waals surface area contributed by atoms with Gasteiger partial charge in [0.15, 0.2) is 0 Å². The van der Waals surface area contributed by atoms with Gasteiger partial charge in [-0.25, -0.2) is 0 Å². The maximum absolute atomic E-state index is 12.2. The highest BCUT2D eigenvalue weighted by molar-refractivity contribution is 5.77. The van der Waals surface area contributed by atoms with Crippen LogP contribution in [0, 0.1) is 6.92 Å². The van der Waals surface area contributed by atoms with Crippen LogP contribution in [0.5, 0.6) is 5.75 Å². The zero-order valence-corrected chi connectivity index (χ0v) is 17.7. The van der Waals surface area contributed by atoms with E-state index in [0.29, 0.717) is 18.3 Å². The summed E-state index contributed by atoms with van der Waals surface area (Å²) in [6.45, 7) is 6.63.